The van der Waals surface area contributed by atoms with E-state index in [0.717, 1.165) is 23.8 Å². The van der Waals surface area contributed by atoms with Crippen LogP contribution >= 0.6 is 11.8 Å². The van der Waals surface area contributed by atoms with Gasteiger partial charge in [0.2, 0.25) is 0 Å². The Hall–Kier alpha value is -1.50. The van der Waals surface area contributed by atoms with Crippen molar-refractivity contribution in [3.63, 3.8) is 0 Å². The standard InChI is InChI=1S/C15H24N4O2S/c1-15(2,3)21-14(20)19-9-6-11(7-10-19)17-12-5-8-16-13(18-12)22-4/h5,8,11H,6-7,9-10H2,1-4H3,(H,16,17,18). The Bertz CT molecular complexity index is 511. The number of anilines is 1. The van der Waals surface area contributed by atoms with Crippen molar-refractivity contribution in [1.82, 2.24) is 14.9 Å². The second-order valence-corrected chi connectivity index (χ2v) is 7.09. The highest BCUT2D eigenvalue weighted by Crippen LogP contribution is 2.19. The van der Waals surface area contributed by atoms with Gasteiger partial charge in [-0.15, -0.1) is 0 Å². The highest BCUT2D eigenvalue weighted by molar-refractivity contribution is 7.98. The molecule has 122 valence electrons. The summed E-state index contributed by atoms with van der Waals surface area (Å²) < 4.78 is 5.40. The number of likely N-dealkylation sites (tertiary alicyclic amines) is 1. The monoisotopic (exact) mass is 324 g/mol. The minimum absolute atomic E-state index is 0.224. The molecule has 2 rings (SSSR count). The quantitative estimate of drug-likeness (QED) is 0.681. The summed E-state index contributed by atoms with van der Waals surface area (Å²) >= 11 is 1.52. The molecule has 1 aromatic heterocycles. The summed E-state index contributed by atoms with van der Waals surface area (Å²) in [6.45, 7) is 7.06. The topological polar surface area (TPSA) is 67.4 Å². The minimum atomic E-state index is -0.443. The van der Waals surface area contributed by atoms with E-state index in [1.165, 1.54) is 11.8 Å². The lowest BCUT2D eigenvalue weighted by molar-refractivity contribution is 0.0210. The molecule has 0 atom stereocenters. The third-order valence-electron chi connectivity index (χ3n) is 3.31. The number of piperidine rings is 1. The maximum absolute atomic E-state index is 12.0. The van der Waals surface area contributed by atoms with Crippen molar-refractivity contribution in [3.05, 3.63) is 12.3 Å². The predicted molar refractivity (Wildman–Crippen MR) is 88.3 cm³/mol. The summed E-state index contributed by atoms with van der Waals surface area (Å²) in [6, 6.07) is 2.20. The lowest BCUT2D eigenvalue weighted by Gasteiger charge is -2.33. The number of nitrogens with zero attached hydrogens (tertiary/aromatic N) is 3. The van der Waals surface area contributed by atoms with Gasteiger partial charge < -0.3 is 15.0 Å². The van der Waals surface area contributed by atoms with E-state index >= 15 is 0 Å². The van der Waals surface area contributed by atoms with Crippen molar-refractivity contribution >= 4 is 23.7 Å². The lowest BCUT2D eigenvalue weighted by atomic mass is 10.1. The Morgan fingerprint density at radius 1 is 1.41 bits per heavy atom. The first kappa shape index (κ1) is 16.9. The number of carbonyl (C=O) groups is 1. The highest BCUT2D eigenvalue weighted by atomic mass is 32.2. The number of hydrogen-bond acceptors (Lipinski definition) is 6. The molecule has 1 amide bonds. The Balaban J connectivity index is 1.83. The molecule has 0 saturated carbocycles. The number of nitrogens with one attached hydrogen (secondary N) is 1. The summed E-state index contributed by atoms with van der Waals surface area (Å²) in [5, 5.41) is 4.18. The van der Waals surface area contributed by atoms with Crippen molar-refractivity contribution < 1.29 is 9.53 Å². The second kappa shape index (κ2) is 7.17. The SMILES string of the molecule is CSc1nccc(NC2CCN(C(=O)OC(C)(C)C)CC2)n1. The molecule has 1 aromatic rings. The maximum Gasteiger partial charge on any atom is 0.410 e. The van der Waals surface area contributed by atoms with E-state index in [2.05, 4.69) is 15.3 Å². The zero-order valence-corrected chi connectivity index (χ0v) is 14.4. The van der Waals surface area contributed by atoms with E-state index < -0.39 is 5.60 Å². The zero-order chi connectivity index (χ0) is 16.2. The third kappa shape index (κ3) is 5.05. The van der Waals surface area contributed by atoms with Gasteiger partial charge in [0, 0.05) is 25.3 Å². The molecule has 0 aliphatic carbocycles. The van der Waals surface area contributed by atoms with Crippen LogP contribution in [0.25, 0.3) is 0 Å². The number of aromatic nitrogens is 2. The minimum Gasteiger partial charge on any atom is -0.444 e. The number of amides is 1. The highest BCUT2D eigenvalue weighted by Gasteiger charge is 2.26. The summed E-state index contributed by atoms with van der Waals surface area (Å²) in [6.07, 6.45) is 5.27. The van der Waals surface area contributed by atoms with E-state index in [-0.39, 0.29) is 6.09 Å². The molecule has 0 aromatic carbocycles. The predicted octanol–water partition coefficient (Wildman–Crippen LogP) is 3.01. The summed E-state index contributed by atoms with van der Waals surface area (Å²) in [5.74, 6) is 0.843. The molecule has 6 nitrogen and oxygen atoms in total. The first-order valence-electron chi connectivity index (χ1n) is 7.49. The van der Waals surface area contributed by atoms with Crippen LogP contribution in [0.3, 0.4) is 0 Å². The van der Waals surface area contributed by atoms with Gasteiger partial charge in [0.05, 0.1) is 0 Å². The van der Waals surface area contributed by atoms with E-state index in [1.807, 2.05) is 33.1 Å². The lowest BCUT2D eigenvalue weighted by Crippen LogP contribution is -2.44. The molecule has 7 heteroatoms. The van der Waals surface area contributed by atoms with Crippen molar-refractivity contribution in [1.29, 1.82) is 0 Å². The molecule has 0 bridgehead atoms. The number of hydrogen-bond donors (Lipinski definition) is 1. The second-order valence-electron chi connectivity index (χ2n) is 6.31. The number of thioether (sulfide) groups is 1. The van der Waals surface area contributed by atoms with Gasteiger partial charge in [-0.2, -0.15) is 0 Å². The van der Waals surface area contributed by atoms with Crippen LogP contribution in [0.5, 0.6) is 0 Å². The molecular weight excluding hydrogens is 300 g/mol. The van der Waals surface area contributed by atoms with Crippen molar-refractivity contribution in [2.24, 2.45) is 0 Å². The normalized spacial score (nSPS) is 16.5. The van der Waals surface area contributed by atoms with Gasteiger partial charge in [0.1, 0.15) is 11.4 Å². The molecule has 1 fully saturated rings. The van der Waals surface area contributed by atoms with Crippen LogP contribution in [0.15, 0.2) is 17.4 Å². The van der Waals surface area contributed by atoms with Crippen molar-refractivity contribution in [2.75, 3.05) is 24.7 Å². The molecular formula is C15H24N4O2S. The summed E-state index contributed by atoms with van der Waals surface area (Å²) in [5.41, 5.74) is -0.443. The van der Waals surface area contributed by atoms with Crippen LogP contribution in [0, 0.1) is 0 Å². The fourth-order valence-electron chi connectivity index (χ4n) is 2.26. The number of carbonyl (C=O) groups excluding carboxylic acids is 1. The van der Waals surface area contributed by atoms with Gasteiger partial charge in [-0.3, -0.25) is 0 Å². The van der Waals surface area contributed by atoms with Crippen LogP contribution in [-0.2, 0) is 4.74 Å². The van der Waals surface area contributed by atoms with E-state index in [9.17, 15) is 4.79 Å². The molecule has 0 spiro atoms. The van der Waals surface area contributed by atoms with Crippen LogP contribution < -0.4 is 5.32 Å². The molecule has 1 aliphatic heterocycles. The zero-order valence-electron chi connectivity index (χ0n) is 13.6. The van der Waals surface area contributed by atoms with Gasteiger partial charge in [0.15, 0.2) is 5.16 Å². The van der Waals surface area contributed by atoms with Gasteiger partial charge in [-0.25, -0.2) is 14.8 Å². The smallest absolute Gasteiger partial charge is 0.410 e. The summed E-state index contributed by atoms with van der Waals surface area (Å²) in [7, 11) is 0. The van der Waals surface area contributed by atoms with Crippen LogP contribution in [0.2, 0.25) is 0 Å². The molecule has 22 heavy (non-hydrogen) atoms. The maximum atomic E-state index is 12.0. The fourth-order valence-corrected chi connectivity index (χ4v) is 2.62. The Morgan fingerprint density at radius 2 is 2.09 bits per heavy atom. The Morgan fingerprint density at radius 3 is 2.68 bits per heavy atom. The fraction of sp³-hybridized carbons (Fsp3) is 0.667. The third-order valence-corrected chi connectivity index (χ3v) is 3.88. The average Bonchev–Trinajstić information content (AvgIpc) is 2.46. The Kier molecular flexibility index (Phi) is 5.50. The molecule has 0 unspecified atom stereocenters. The molecule has 2 heterocycles. The Labute approximate surface area is 136 Å². The first-order chi connectivity index (χ1) is 10.4. The van der Waals surface area contributed by atoms with Crippen LogP contribution in [0.4, 0.5) is 10.6 Å². The molecule has 0 radical (unpaired) electrons. The van der Waals surface area contributed by atoms with Gasteiger partial charge >= 0.3 is 6.09 Å². The van der Waals surface area contributed by atoms with Crippen molar-refractivity contribution in [3.8, 4) is 0 Å². The molecule has 1 N–H and O–H groups in total. The van der Waals surface area contributed by atoms with E-state index in [0.29, 0.717) is 19.1 Å². The summed E-state index contributed by atoms with van der Waals surface area (Å²) in [4.78, 5) is 22.4. The van der Waals surface area contributed by atoms with Crippen LogP contribution in [0.1, 0.15) is 33.6 Å². The van der Waals surface area contributed by atoms with Gasteiger partial charge in [-0.1, -0.05) is 11.8 Å². The average molecular weight is 324 g/mol. The molecule has 1 aliphatic rings. The largest absolute Gasteiger partial charge is 0.444 e. The number of rotatable bonds is 3. The molecule has 1 saturated heterocycles. The number of ether oxygens (including phenoxy) is 1. The van der Waals surface area contributed by atoms with E-state index in [4.69, 9.17) is 4.74 Å². The van der Waals surface area contributed by atoms with E-state index in [1.54, 1.807) is 11.1 Å². The van der Waals surface area contributed by atoms with Gasteiger partial charge in [-0.05, 0) is 45.9 Å². The van der Waals surface area contributed by atoms with Gasteiger partial charge in [0.25, 0.3) is 0 Å². The first-order valence-corrected chi connectivity index (χ1v) is 8.71. The van der Waals surface area contributed by atoms with Crippen LogP contribution in [-0.4, -0.2) is 51.9 Å². The van der Waals surface area contributed by atoms with Crippen molar-refractivity contribution in [2.45, 2.75) is 50.4 Å².